The number of unbranched alkanes of at least 4 members (excludes halogenated alkanes) is 8. The zero-order chi connectivity index (χ0) is 30.3. The molecule has 0 amide bonds. The first kappa shape index (κ1) is 37.2. The number of carbonyl (C=O) groups excluding carboxylic acids is 2. The minimum Gasteiger partial charge on any atom is -0.462 e. The Morgan fingerprint density at radius 3 is 2.12 bits per heavy atom. The number of aliphatic hydroxyl groups is 4. The van der Waals surface area contributed by atoms with Gasteiger partial charge >= 0.3 is 11.9 Å². The number of hydrogen-bond donors (Lipinski definition) is 4. The van der Waals surface area contributed by atoms with Gasteiger partial charge in [-0.15, -0.1) is 0 Å². The summed E-state index contributed by atoms with van der Waals surface area (Å²) < 4.78 is 21.7. The Hall–Kier alpha value is -1.82. The molecular weight excluding hydrogens is 532 g/mol. The molecule has 1 rings (SSSR count). The molecule has 0 aromatic rings. The van der Waals surface area contributed by atoms with Gasteiger partial charge in [-0.05, 0) is 38.5 Å². The predicted molar refractivity (Wildman–Crippen MR) is 155 cm³/mol. The molecule has 0 aromatic heterocycles. The summed E-state index contributed by atoms with van der Waals surface area (Å²) in [5, 5.41) is 39.5. The largest absolute Gasteiger partial charge is 0.462 e. The van der Waals surface area contributed by atoms with E-state index in [1.807, 2.05) is 6.92 Å². The van der Waals surface area contributed by atoms with Crippen molar-refractivity contribution in [2.24, 2.45) is 0 Å². The third kappa shape index (κ3) is 17.0. The van der Waals surface area contributed by atoms with E-state index in [9.17, 15) is 30.0 Å². The average molecular weight is 587 g/mol. The summed E-state index contributed by atoms with van der Waals surface area (Å²) in [5.74, 6) is -0.858. The summed E-state index contributed by atoms with van der Waals surface area (Å²) in [6, 6.07) is 0. The summed E-state index contributed by atoms with van der Waals surface area (Å²) in [5.41, 5.74) is 0. The lowest BCUT2D eigenvalue weighted by atomic mass is 9.99. The van der Waals surface area contributed by atoms with Crippen molar-refractivity contribution < 1.29 is 49.0 Å². The van der Waals surface area contributed by atoms with Gasteiger partial charge in [0.15, 0.2) is 12.4 Å². The molecule has 0 aliphatic carbocycles. The summed E-state index contributed by atoms with van der Waals surface area (Å²) in [6.45, 7) is 3.10. The molecule has 4 N–H and O–H groups in total. The number of carbonyl (C=O) groups is 2. The number of hydrogen-bond acceptors (Lipinski definition) is 10. The fraction of sp³-hybridized carbons (Fsp3) is 0.806. The highest BCUT2D eigenvalue weighted by Crippen LogP contribution is 2.22. The molecule has 0 aromatic carbocycles. The van der Waals surface area contributed by atoms with Crippen LogP contribution in [-0.2, 0) is 28.5 Å². The summed E-state index contributed by atoms with van der Waals surface area (Å²) in [6.07, 6.45) is 12.9. The molecule has 6 atom stereocenters. The van der Waals surface area contributed by atoms with Crippen LogP contribution in [0.5, 0.6) is 0 Å². The van der Waals surface area contributed by atoms with Gasteiger partial charge in [0, 0.05) is 12.8 Å². The van der Waals surface area contributed by atoms with E-state index < -0.39 is 55.4 Å². The number of rotatable bonds is 23. The third-order valence-corrected chi connectivity index (χ3v) is 6.82. The fourth-order valence-corrected chi connectivity index (χ4v) is 4.28. The van der Waals surface area contributed by atoms with Crippen LogP contribution in [0, 0.1) is 0 Å². The van der Waals surface area contributed by atoms with Crippen molar-refractivity contribution in [2.75, 3.05) is 19.8 Å². The lowest BCUT2D eigenvalue weighted by Gasteiger charge is -2.39. The van der Waals surface area contributed by atoms with Crippen LogP contribution in [0.25, 0.3) is 0 Å². The molecular formula is C31H54O10. The van der Waals surface area contributed by atoms with Crippen LogP contribution >= 0.6 is 0 Å². The monoisotopic (exact) mass is 586 g/mol. The van der Waals surface area contributed by atoms with E-state index in [1.165, 1.54) is 6.42 Å². The molecule has 10 heteroatoms. The Labute approximate surface area is 245 Å². The molecule has 1 heterocycles. The molecule has 238 valence electrons. The van der Waals surface area contributed by atoms with E-state index in [2.05, 4.69) is 31.2 Å². The highest BCUT2D eigenvalue weighted by atomic mass is 16.7. The SMILES string of the molecule is CCC/C=C\C/C=C\CCCCCCCC(=O)OC(COC(=O)CCCCC)COC1OC(CO)C(O)C(O)C1O. The van der Waals surface area contributed by atoms with Gasteiger partial charge in [-0.2, -0.15) is 0 Å². The van der Waals surface area contributed by atoms with Crippen molar-refractivity contribution in [1.29, 1.82) is 0 Å². The maximum Gasteiger partial charge on any atom is 0.306 e. The van der Waals surface area contributed by atoms with Crippen LogP contribution < -0.4 is 0 Å². The first-order valence-electron chi connectivity index (χ1n) is 15.4. The Balaban J connectivity index is 2.43. The fourth-order valence-electron chi connectivity index (χ4n) is 4.28. The van der Waals surface area contributed by atoms with Crippen LogP contribution in [0.2, 0.25) is 0 Å². The second kappa shape index (κ2) is 23.7. The summed E-state index contributed by atoms with van der Waals surface area (Å²) >= 11 is 0. The summed E-state index contributed by atoms with van der Waals surface area (Å²) in [7, 11) is 0. The topological polar surface area (TPSA) is 152 Å². The highest BCUT2D eigenvalue weighted by molar-refractivity contribution is 5.70. The maximum atomic E-state index is 12.5. The quantitative estimate of drug-likeness (QED) is 0.0789. The van der Waals surface area contributed by atoms with E-state index in [-0.39, 0.29) is 26.1 Å². The molecule has 0 spiro atoms. The Kier molecular flexibility index (Phi) is 21.5. The molecule has 1 aliphatic rings. The van der Waals surface area contributed by atoms with E-state index in [0.29, 0.717) is 12.8 Å². The van der Waals surface area contributed by atoms with E-state index in [4.69, 9.17) is 18.9 Å². The molecule has 0 bridgehead atoms. The third-order valence-electron chi connectivity index (χ3n) is 6.82. The Morgan fingerprint density at radius 1 is 0.756 bits per heavy atom. The van der Waals surface area contributed by atoms with E-state index >= 15 is 0 Å². The Bertz CT molecular complexity index is 738. The number of aliphatic hydroxyl groups excluding tert-OH is 4. The number of allylic oxidation sites excluding steroid dienone is 4. The smallest absolute Gasteiger partial charge is 0.306 e. The van der Waals surface area contributed by atoms with E-state index in [1.54, 1.807) is 0 Å². The summed E-state index contributed by atoms with van der Waals surface area (Å²) in [4.78, 5) is 24.6. The molecule has 10 nitrogen and oxygen atoms in total. The van der Waals surface area contributed by atoms with Crippen molar-refractivity contribution in [3.8, 4) is 0 Å². The predicted octanol–water partition coefficient (Wildman–Crippen LogP) is 3.87. The van der Waals surface area contributed by atoms with Gasteiger partial charge in [-0.25, -0.2) is 0 Å². The van der Waals surface area contributed by atoms with Crippen molar-refractivity contribution in [3.63, 3.8) is 0 Å². The van der Waals surface area contributed by atoms with Crippen molar-refractivity contribution >= 4 is 11.9 Å². The standard InChI is InChI=1S/C31H54O10/c1-3-5-7-8-9-10-11-12-13-14-15-16-18-20-27(34)40-24(22-38-26(33)19-17-6-4-2)23-39-31-30(37)29(36)28(35)25(21-32)41-31/h7-8,10-11,24-25,28-32,35-37H,3-6,9,12-23H2,1-2H3/b8-7-,11-10-. The zero-order valence-corrected chi connectivity index (χ0v) is 25.0. The second-order valence-electron chi connectivity index (χ2n) is 10.6. The van der Waals surface area contributed by atoms with Crippen LogP contribution in [0.15, 0.2) is 24.3 Å². The van der Waals surface area contributed by atoms with Crippen LogP contribution in [0.3, 0.4) is 0 Å². The second-order valence-corrected chi connectivity index (χ2v) is 10.6. The van der Waals surface area contributed by atoms with Crippen LogP contribution in [-0.4, -0.2) is 89.0 Å². The minimum atomic E-state index is -1.59. The average Bonchev–Trinajstić information content (AvgIpc) is 2.96. The minimum absolute atomic E-state index is 0.213. The molecule has 41 heavy (non-hydrogen) atoms. The van der Waals surface area contributed by atoms with Gasteiger partial charge in [0.1, 0.15) is 31.0 Å². The zero-order valence-electron chi connectivity index (χ0n) is 25.0. The lowest BCUT2D eigenvalue weighted by Crippen LogP contribution is -2.59. The Morgan fingerprint density at radius 2 is 1.41 bits per heavy atom. The molecule has 1 fully saturated rings. The van der Waals surface area contributed by atoms with Gasteiger partial charge in [-0.3, -0.25) is 9.59 Å². The van der Waals surface area contributed by atoms with Gasteiger partial charge in [0.05, 0.1) is 13.2 Å². The number of esters is 2. The van der Waals surface area contributed by atoms with Gasteiger partial charge < -0.3 is 39.4 Å². The maximum absolute atomic E-state index is 12.5. The van der Waals surface area contributed by atoms with Gasteiger partial charge in [0.25, 0.3) is 0 Å². The lowest BCUT2D eigenvalue weighted by molar-refractivity contribution is -0.305. The van der Waals surface area contributed by atoms with Crippen LogP contribution in [0.1, 0.15) is 104 Å². The first-order chi connectivity index (χ1) is 19.8. The van der Waals surface area contributed by atoms with Crippen molar-refractivity contribution in [2.45, 2.75) is 141 Å². The van der Waals surface area contributed by atoms with Crippen molar-refractivity contribution in [3.05, 3.63) is 24.3 Å². The first-order valence-corrected chi connectivity index (χ1v) is 15.4. The van der Waals surface area contributed by atoms with Crippen molar-refractivity contribution in [1.82, 2.24) is 0 Å². The van der Waals surface area contributed by atoms with Gasteiger partial charge in [-0.1, -0.05) is 76.7 Å². The molecule has 0 saturated carbocycles. The molecule has 0 radical (unpaired) electrons. The molecule has 1 saturated heterocycles. The number of ether oxygens (including phenoxy) is 4. The van der Waals surface area contributed by atoms with Gasteiger partial charge in [0.2, 0.25) is 0 Å². The highest BCUT2D eigenvalue weighted by Gasteiger charge is 2.44. The molecule has 6 unspecified atom stereocenters. The normalized spacial score (nSPS) is 23.7. The molecule has 1 aliphatic heterocycles. The van der Waals surface area contributed by atoms with Crippen LogP contribution in [0.4, 0.5) is 0 Å². The van der Waals surface area contributed by atoms with E-state index in [0.717, 1.165) is 57.8 Å².